The number of rotatable bonds is 2. The molecule has 1 heterocycles. The maximum absolute atomic E-state index is 13.3. The van der Waals surface area contributed by atoms with Crippen molar-refractivity contribution in [2.45, 2.75) is 13.8 Å². The van der Waals surface area contributed by atoms with Gasteiger partial charge in [0.25, 0.3) is 5.91 Å². The van der Waals surface area contributed by atoms with E-state index in [1.165, 1.54) is 18.3 Å². The number of hydrogen-bond acceptors (Lipinski definition) is 1. The summed E-state index contributed by atoms with van der Waals surface area (Å²) in [5.41, 5.74) is 1.14. The molecule has 4 nitrogen and oxygen atoms in total. The van der Waals surface area contributed by atoms with Gasteiger partial charge in [0, 0.05) is 28.7 Å². The molecule has 0 spiro atoms. The highest BCUT2D eigenvalue weighted by atomic mass is 19.1. The Labute approximate surface area is 120 Å². The van der Waals surface area contributed by atoms with Gasteiger partial charge < -0.3 is 9.88 Å². The monoisotopic (exact) mass is 274 g/mol. The van der Waals surface area contributed by atoms with Crippen molar-refractivity contribution in [3.8, 4) is 0 Å². The van der Waals surface area contributed by atoms with E-state index in [0.717, 1.165) is 10.6 Å². The van der Waals surface area contributed by atoms with E-state index in [1.54, 1.807) is 13.8 Å². The van der Waals surface area contributed by atoms with E-state index in [0.29, 0.717) is 11.3 Å². The lowest BCUT2D eigenvalue weighted by atomic mass is 10.1. The third-order valence-corrected chi connectivity index (χ3v) is 2.99. The second-order valence-electron chi connectivity index (χ2n) is 4.37. The normalized spacial score (nSPS) is 13.0. The highest BCUT2D eigenvalue weighted by Gasteiger charge is 2.16. The Hall–Kier alpha value is -2.61. The number of carbonyl (C=O) groups excluding carboxylic acids is 1. The minimum Gasteiger partial charge on any atom is -0.354 e. The topological polar surface area (TPSA) is 38.4 Å². The van der Waals surface area contributed by atoms with E-state index in [2.05, 4.69) is 10.2 Å². The summed E-state index contributed by atoms with van der Waals surface area (Å²) in [5.74, 6) is -1.18. The summed E-state index contributed by atoms with van der Waals surface area (Å²) in [5, 5.41) is 2.56. The van der Waals surface area contributed by atoms with Crippen LogP contribution in [0.5, 0.6) is 0 Å². The van der Waals surface area contributed by atoms with E-state index in [4.69, 9.17) is 10.7 Å². The standard InChI is InChI=1S/C15H14FN3O/c1-9-8-19(4)10(2)14(9)15(20)18-11-5-6-12(16)13(7-11)17-3/h5-8H,1-2,4H3,(H,18,20)/i4D3. The Balaban J connectivity index is 2.36. The van der Waals surface area contributed by atoms with Crippen LogP contribution in [0.3, 0.4) is 0 Å². The molecule has 0 unspecified atom stereocenters. The number of carbonyl (C=O) groups is 1. The van der Waals surface area contributed by atoms with Gasteiger partial charge in [-0.25, -0.2) is 9.24 Å². The van der Waals surface area contributed by atoms with Crippen LogP contribution in [0, 0.1) is 26.2 Å². The van der Waals surface area contributed by atoms with Crippen LogP contribution < -0.4 is 5.32 Å². The van der Waals surface area contributed by atoms with Gasteiger partial charge >= 0.3 is 0 Å². The predicted molar refractivity (Wildman–Crippen MR) is 75.5 cm³/mol. The zero-order valence-corrected chi connectivity index (χ0v) is 11.0. The fourth-order valence-electron chi connectivity index (χ4n) is 1.97. The van der Waals surface area contributed by atoms with Gasteiger partial charge in [0.05, 0.1) is 12.1 Å². The average Bonchev–Trinajstić information content (AvgIpc) is 2.76. The van der Waals surface area contributed by atoms with Crippen molar-refractivity contribution in [3.63, 3.8) is 0 Å². The molecule has 20 heavy (non-hydrogen) atoms. The quantitative estimate of drug-likeness (QED) is 0.835. The molecule has 1 aromatic heterocycles. The third-order valence-electron chi connectivity index (χ3n) is 2.99. The molecule has 0 atom stereocenters. The van der Waals surface area contributed by atoms with Gasteiger partial charge in [0.2, 0.25) is 5.69 Å². The number of nitrogens with one attached hydrogen (secondary N) is 1. The minimum atomic E-state index is -2.37. The van der Waals surface area contributed by atoms with Crippen molar-refractivity contribution in [1.82, 2.24) is 4.57 Å². The number of aryl methyl sites for hydroxylation is 2. The summed E-state index contributed by atoms with van der Waals surface area (Å²) in [6, 6.07) is 3.66. The first kappa shape index (κ1) is 10.2. The molecule has 1 aromatic carbocycles. The molecule has 2 rings (SSSR count). The SMILES string of the molecule is [2H]C([2H])([2H])n1cc(C)c(C(=O)Nc2ccc(F)c([N+]#[C-])c2)c1C. The van der Waals surface area contributed by atoms with Crippen LogP contribution >= 0.6 is 0 Å². The molecule has 5 heteroatoms. The lowest BCUT2D eigenvalue weighted by Gasteiger charge is -2.07. The number of nitrogens with zero attached hydrogens (tertiary/aromatic N) is 2. The largest absolute Gasteiger partial charge is 0.354 e. The first-order chi connectivity index (χ1) is 10.6. The van der Waals surface area contributed by atoms with Crippen LogP contribution in [-0.4, -0.2) is 10.5 Å². The van der Waals surface area contributed by atoms with Crippen molar-refractivity contribution in [3.05, 3.63) is 58.5 Å². The summed E-state index contributed by atoms with van der Waals surface area (Å²) in [6.07, 6.45) is 1.40. The van der Waals surface area contributed by atoms with Crippen LogP contribution in [0.1, 0.15) is 25.7 Å². The second-order valence-corrected chi connectivity index (χ2v) is 4.37. The summed E-state index contributed by atoms with van der Waals surface area (Å²) in [7, 11) is 0. The van der Waals surface area contributed by atoms with Gasteiger partial charge in [0.1, 0.15) is 5.82 Å². The van der Waals surface area contributed by atoms with Gasteiger partial charge in [-0.1, -0.05) is 0 Å². The van der Waals surface area contributed by atoms with Crippen molar-refractivity contribution < 1.29 is 13.3 Å². The minimum absolute atomic E-state index is 0.198. The van der Waals surface area contributed by atoms with Crippen LogP contribution in [0.25, 0.3) is 4.85 Å². The van der Waals surface area contributed by atoms with E-state index < -0.39 is 18.7 Å². The maximum atomic E-state index is 13.3. The van der Waals surface area contributed by atoms with Crippen molar-refractivity contribution in [1.29, 1.82) is 0 Å². The van der Waals surface area contributed by atoms with Gasteiger partial charge in [-0.3, -0.25) is 4.79 Å². The Kier molecular flexibility index (Phi) is 2.64. The number of anilines is 1. The first-order valence-corrected chi connectivity index (χ1v) is 5.82. The summed E-state index contributed by atoms with van der Waals surface area (Å²) < 4.78 is 36.7. The lowest BCUT2D eigenvalue weighted by molar-refractivity contribution is 0.102. The molecule has 1 amide bonds. The molecule has 0 saturated heterocycles. The third kappa shape index (κ3) is 2.41. The number of benzene rings is 1. The summed E-state index contributed by atoms with van der Waals surface area (Å²) >= 11 is 0. The van der Waals surface area contributed by atoms with E-state index >= 15 is 0 Å². The molecule has 2 aromatic rings. The Morgan fingerprint density at radius 2 is 2.25 bits per heavy atom. The Morgan fingerprint density at radius 3 is 2.85 bits per heavy atom. The van der Waals surface area contributed by atoms with E-state index in [1.807, 2.05) is 0 Å². The van der Waals surface area contributed by atoms with Crippen molar-refractivity contribution in [2.24, 2.45) is 6.98 Å². The molecule has 0 aliphatic heterocycles. The van der Waals surface area contributed by atoms with E-state index in [9.17, 15) is 9.18 Å². The lowest BCUT2D eigenvalue weighted by Crippen LogP contribution is -2.14. The number of amides is 1. The summed E-state index contributed by atoms with van der Waals surface area (Å²) in [4.78, 5) is 15.4. The number of hydrogen-bond donors (Lipinski definition) is 1. The van der Waals surface area contributed by atoms with Gasteiger partial charge in [0.15, 0.2) is 0 Å². The van der Waals surface area contributed by atoms with Gasteiger partial charge in [-0.15, -0.1) is 0 Å². The van der Waals surface area contributed by atoms with Crippen LogP contribution in [0.15, 0.2) is 24.4 Å². The molecule has 0 fully saturated rings. The molecule has 0 aliphatic carbocycles. The highest BCUT2D eigenvalue weighted by molar-refractivity contribution is 6.06. The van der Waals surface area contributed by atoms with Crippen molar-refractivity contribution in [2.75, 3.05) is 5.32 Å². The molecule has 0 radical (unpaired) electrons. The second kappa shape index (κ2) is 5.17. The smallest absolute Gasteiger partial charge is 0.257 e. The number of halogens is 1. The molecule has 102 valence electrons. The molecule has 1 N–H and O–H groups in total. The molecule has 0 bridgehead atoms. The van der Waals surface area contributed by atoms with Crippen LogP contribution in [0.4, 0.5) is 15.8 Å². The average molecular weight is 274 g/mol. The fraction of sp³-hybridized carbons (Fsp3) is 0.200. The summed E-state index contributed by atoms with van der Waals surface area (Å²) in [6.45, 7) is 7.68. The maximum Gasteiger partial charge on any atom is 0.257 e. The zero-order chi connectivity index (χ0) is 17.4. The molecule has 0 aliphatic rings. The molecular formula is C15H14FN3O. The zero-order valence-electron chi connectivity index (χ0n) is 14.0. The number of aromatic nitrogens is 1. The fourth-order valence-corrected chi connectivity index (χ4v) is 1.97. The van der Waals surface area contributed by atoms with Crippen LogP contribution in [-0.2, 0) is 6.98 Å². The Morgan fingerprint density at radius 1 is 1.50 bits per heavy atom. The van der Waals surface area contributed by atoms with Gasteiger partial charge in [-0.05, 0) is 37.6 Å². The van der Waals surface area contributed by atoms with E-state index in [-0.39, 0.29) is 16.9 Å². The molecular weight excluding hydrogens is 257 g/mol. The molecule has 0 saturated carbocycles. The predicted octanol–water partition coefficient (Wildman–Crippen LogP) is 3.58. The van der Waals surface area contributed by atoms with Crippen LogP contribution in [0.2, 0.25) is 0 Å². The van der Waals surface area contributed by atoms with Gasteiger partial charge in [-0.2, -0.15) is 0 Å². The Bertz CT molecular complexity index is 819. The highest BCUT2D eigenvalue weighted by Crippen LogP contribution is 2.23. The first-order valence-electron chi connectivity index (χ1n) is 7.32. The van der Waals surface area contributed by atoms with Crippen molar-refractivity contribution >= 4 is 17.3 Å².